The third-order valence-corrected chi connectivity index (χ3v) is 6.41. The zero-order valence-corrected chi connectivity index (χ0v) is 16.8. The molecule has 0 saturated carbocycles. The first-order valence-corrected chi connectivity index (χ1v) is 10.4. The number of anilines is 1. The Morgan fingerprint density at radius 1 is 1.54 bits per heavy atom. The van der Waals surface area contributed by atoms with E-state index < -0.39 is 0 Å². The van der Waals surface area contributed by atoms with Gasteiger partial charge in [0.15, 0.2) is 5.65 Å². The van der Waals surface area contributed by atoms with E-state index in [9.17, 15) is 0 Å². The number of nitrogens with one attached hydrogen (secondary N) is 1. The summed E-state index contributed by atoms with van der Waals surface area (Å²) in [5.41, 5.74) is 10.7. The maximum Gasteiger partial charge on any atom is 0.165 e. The van der Waals surface area contributed by atoms with Crippen molar-refractivity contribution in [1.29, 1.82) is 0 Å². The summed E-state index contributed by atoms with van der Waals surface area (Å²) >= 11 is 5.42. The van der Waals surface area contributed by atoms with Gasteiger partial charge in [0.05, 0.1) is 16.4 Å². The van der Waals surface area contributed by atoms with Crippen LogP contribution in [0.1, 0.15) is 50.3 Å². The Morgan fingerprint density at radius 3 is 2.96 bits per heavy atom. The number of rotatable bonds is 4. The van der Waals surface area contributed by atoms with Gasteiger partial charge in [0.2, 0.25) is 0 Å². The average Bonchev–Trinajstić information content (AvgIpc) is 3.03. The fourth-order valence-electron chi connectivity index (χ4n) is 3.33. The minimum absolute atomic E-state index is 0.388. The second-order valence-corrected chi connectivity index (χ2v) is 7.94. The van der Waals surface area contributed by atoms with Crippen LogP contribution >= 0.6 is 27.7 Å². The molecule has 1 fully saturated rings. The third-order valence-electron chi connectivity index (χ3n) is 4.74. The number of hydrogen-bond donors (Lipinski definition) is 2. The van der Waals surface area contributed by atoms with Crippen molar-refractivity contribution in [2.24, 2.45) is 0 Å². The van der Waals surface area contributed by atoms with Gasteiger partial charge < -0.3 is 11.1 Å². The predicted octanol–water partition coefficient (Wildman–Crippen LogP) is 4.05. The number of allylic oxidation sites excluding steroid dienone is 2. The summed E-state index contributed by atoms with van der Waals surface area (Å²) in [6.45, 7) is 6.36. The van der Waals surface area contributed by atoms with Crippen LogP contribution in [0.15, 0.2) is 15.6 Å². The van der Waals surface area contributed by atoms with Gasteiger partial charge in [-0.3, -0.25) is 0 Å². The van der Waals surface area contributed by atoms with Gasteiger partial charge in [-0.2, -0.15) is 9.61 Å². The molecule has 1 saturated heterocycles. The first-order chi connectivity index (χ1) is 11.6. The first kappa shape index (κ1) is 17.8. The van der Waals surface area contributed by atoms with Crippen LogP contribution in [-0.2, 0) is 0 Å². The highest BCUT2D eigenvalue weighted by molar-refractivity contribution is 9.10. The molecule has 0 aliphatic carbocycles. The minimum Gasteiger partial charge on any atom is -0.383 e. The molecule has 7 heteroatoms. The topological polar surface area (TPSA) is 68.2 Å². The summed E-state index contributed by atoms with van der Waals surface area (Å²) in [7, 11) is 0. The molecule has 0 amide bonds. The molecule has 3 rings (SSSR count). The van der Waals surface area contributed by atoms with Gasteiger partial charge in [0, 0.05) is 18.0 Å². The second-order valence-electron chi connectivity index (χ2n) is 6.13. The number of nitrogens with two attached hydrogens (primary N) is 1. The molecule has 0 spiro atoms. The third kappa shape index (κ3) is 3.09. The standard InChI is InChI=1S/C17H24BrN5S/c1-4-12(10(2)24-3)13-9-21-23-16(19)14(18)15(22-17(13)23)11-6-5-7-20-8-11/h9,11,20H,4-8,19H2,1-3H3/b12-10+. The van der Waals surface area contributed by atoms with Crippen LogP contribution in [-0.4, -0.2) is 33.9 Å². The second kappa shape index (κ2) is 7.45. The van der Waals surface area contributed by atoms with Gasteiger partial charge in [-0.1, -0.05) is 6.92 Å². The Kier molecular flexibility index (Phi) is 5.52. The van der Waals surface area contributed by atoms with Crippen LogP contribution in [0, 0.1) is 0 Å². The van der Waals surface area contributed by atoms with Gasteiger partial charge in [-0.15, -0.1) is 11.8 Å². The molecule has 5 nitrogen and oxygen atoms in total. The van der Waals surface area contributed by atoms with Crippen molar-refractivity contribution >= 4 is 44.7 Å². The quantitative estimate of drug-likeness (QED) is 0.796. The maximum atomic E-state index is 6.36. The monoisotopic (exact) mass is 409 g/mol. The molecule has 24 heavy (non-hydrogen) atoms. The van der Waals surface area contributed by atoms with Gasteiger partial charge in [0.25, 0.3) is 0 Å². The maximum absolute atomic E-state index is 6.36. The van der Waals surface area contributed by atoms with Crippen LogP contribution < -0.4 is 11.1 Å². The number of piperidine rings is 1. The SMILES string of the molecule is CC/C(=C(/C)SC)c1cnn2c(N)c(Br)c(C3CCCNC3)nc12. The fourth-order valence-corrected chi connectivity index (χ4v) is 4.42. The van der Waals surface area contributed by atoms with E-state index in [0.717, 1.165) is 47.3 Å². The minimum atomic E-state index is 0.388. The summed E-state index contributed by atoms with van der Waals surface area (Å²) in [6.07, 6.45) is 7.26. The molecule has 2 aromatic heterocycles. The highest BCUT2D eigenvalue weighted by Gasteiger charge is 2.24. The van der Waals surface area contributed by atoms with Gasteiger partial charge in [-0.25, -0.2) is 4.98 Å². The lowest BCUT2D eigenvalue weighted by atomic mass is 9.95. The number of nitrogens with zero attached hydrogens (tertiary/aromatic N) is 3. The molecular weight excluding hydrogens is 386 g/mol. The molecule has 2 aromatic rings. The van der Waals surface area contributed by atoms with Crippen LogP contribution in [0.4, 0.5) is 5.82 Å². The first-order valence-electron chi connectivity index (χ1n) is 8.35. The lowest BCUT2D eigenvalue weighted by molar-refractivity contribution is 0.453. The Balaban J connectivity index is 2.19. The van der Waals surface area contributed by atoms with Crippen LogP contribution in [0.25, 0.3) is 11.2 Å². The lowest BCUT2D eigenvalue weighted by Crippen LogP contribution is -2.29. The number of halogens is 1. The van der Waals surface area contributed by atoms with Crippen molar-refractivity contribution in [2.45, 2.75) is 39.0 Å². The molecular formula is C17H24BrN5S. The molecule has 130 valence electrons. The van der Waals surface area contributed by atoms with Crippen LogP contribution in [0.2, 0.25) is 0 Å². The Labute approximate surface area is 155 Å². The number of aromatic nitrogens is 3. The van der Waals surface area contributed by atoms with E-state index in [2.05, 4.69) is 46.4 Å². The van der Waals surface area contributed by atoms with Crippen molar-refractivity contribution in [3.8, 4) is 0 Å². The van der Waals surface area contributed by atoms with E-state index in [1.165, 1.54) is 16.9 Å². The van der Waals surface area contributed by atoms with Crippen molar-refractivity contribution in [3.05, 3.63) is 26.8 Å². The molecule has 0 bridgehead atoms. The summed E-state index contributed by atoms with van der Waals surface area (Å²) < 4.78 is 2.63. The lowest BCUT2D eigenvalue weighted by Gasteiger charge is -2.24. The molecule has 3 N–H and O–H groups in total. The Hall–Kier alpha value is -1.05. The molecule has 0 radical (unpaired) electrons. The number of hydrogen-bond acceptors (Lipinski definition) is 5. The smallest absolute Gasteiger partial charge is 0.165 e. The van der Waals surface area contributed by atoms with E-state index in [4.69, 9.17) is 10.7 Å². The summed E-state index contributed by atoms with van der Waals surface area (Å²) in [4.78, 5) is 6.30. The van der Waals surface area contributed by atoms with Crippen molar-refractivity contribution in [1.82, 2.24) is 19.9 Å². The normalized spacial score (nSPS) is 19.6. The van der Waals surface area contributed by atoms with Crippen LogP contribution in [0.5, 0.6) is 0 Å². The number of thioether (sulfide) groups is 1. The van der Waals surface area contributed by atoms with E-state index in [1.807, 2.05) is 6.20 Å². The molecule has 1 unspecified atom stereocenters. The molecule has 0 aromatic carbocycles. The Bertz CT molecular complexity index is 777. The van der Waals surface area contributed by atoms with E-state index in [0.29, 0.717) is 11.7 Å². The van der Waals surface area contributed by atoms with Gasteiger partial charge >= 0.3 is 0 Å². The van der Waals surface area contributed by atoms with Crippen molar-refractivity contribution in [2.75, 3.05) is 25.1 Å². The van der Waals surface area contributed by atoms with Crippen molar-refractivity contribution < 1.29 is 0 Å². The van der Waals surface area contributed by atoms with E-state index >= 15 is 0 Å². The average molecular weight is 410 g/mol. The molecule has 1 atom stereocenters. The summed E-state index contributed by atoms with van der Waals surface area (Å²) in [5.74, 6) is 1.02. The largest absolute Gasteiger partial charge is 0.383 e. The van der Waals surface area contributed by atoms with Crippen LogP contribution in [0.3, 0.4) is 0 Å². The number of fused-ring (bicyclic) bond motifs is 1. The zero-order valence-electron chi connectivity index (χ0n) is 14.4. The summed E-state index contributed by atoms with van der Waals surface area (Å²) in [5, 5.41) is 7.95. The zero-order chi connectivity index (χ0) is 17.3. The van der Waals surface area contributed by atoms with Crippen molar-refractivity contribution in [3.63, 3.8) is 0 Å². The predicted molar refractivity (Wildman–Crippen MR) is 106 cm³/mol. The highest BCUT2D eigenvalue weighted by atomic mass is 79.9. The number of nitrogen functional groups attached to an aromatic ring is 1. The van der Waals surface area contributed by atoms with E-state index in [-0.39, 0.29) is 0 Å². The fraction of sp³-hybridized carbons (Fsp3) is 0.529. The Morgan fingerprint density at radius 2 is 2.33 bits per heavy atom. The summed E-state index contributed by atoms with van der Waals surface area (Å²) in [6, 6.07) is 0. The van der Waals surface area contributed by atoms with Gasteiger partial charge in [0.1, 0.15) is 5.82 Å². The molecule has 1 aliphatic heterocycles. The molecule has 3 heterocycles. The van der Waals surface area contributed by atoms with Gasteiger partial charge in [-0.05, 0) is 65.4 Å². The van der Waals surface area contributed by atoms with E-state index in [1.54, 1.807) is 16.3 Å². The highest BCUT2D eigenvalue weighted by Crippen LogP contribution is 2.36. The molecule has 1 aliphatic rings.